The molecule has 0 saturated carbocycles. The summed E-state index contributed by atoms with van der Waals surface area (Å²) in [5.74, 6) is -2.01. The quantitative estimate of drug-likeness (QED) is 0.112. The van der Waals surface area contributed by atoms with Gasteiger partial charge < -0.3 is 25.5 Å². The van der Waals surface area contributed by atoms with E-state index < -0.39 is 46.5 Å². The molecule has 2 N–H and O–H groups in total. The van der Waals surface area contributed by atoms with Crippen LogP contribution in [-0.2, 0) is 29.1 Å². The number of hydrogen-bond acceptors (Lipinski definition) is 5. The van der Waals surface area contributed by atoms with E-state index in [1.165, 1.54) is 31.8 Å². The van der Waals surface area contributed by atoms with Gasteiger partial charge in [0.15, 0.2) is 0 Å². The molecule has 0 saturated heterocycles. The molecular weight excluding hydrogens is 873 g/mol. The molecule has 0 aromatic heterocycles. The maximum atomic E-state index is 9.91. The van der Waals surface area contributed by atoms with Gasteiger partial charge in [-0.25, -0.2) is 0 Å². The van der Waals surface area contributed by atoms with E-state index in [-0.39, 0.29) is 30.0 Å². The topological polar surface area (TPSA) is 106 Å². The zero-order valence-electron chi connectivity index (χ0n) is 35.0. The Balaban J connectivity index is 0.000000533. The van der Waals surface area contributed by atoms with Gasteiger partial charge in [-0.2, -0.15) is 0 Å². The molecular formula is C50H56NO4P3Ru. The van der Waals surface area contributed by atoms with Crippen LogP contribution in [0, 0.1) is 10.8 Å². The van der Waals surface area contributed by atoms with Crippen molar-refractivity contribution in [3.05, 3.63) is 182 Å². The standard InChI is InChI=1S/C40H38NP3.2C5H10O2.Ru/c1-40(43(35-24-12-4-13-25-35)36-26-14-5-15-27-36,44(37-28-16-6-17-29-37)38-30-18-7-19-31-38)39(32-41)42(33-20-8-2-9-21-33)34-22-10-3-11-23-34;2*1-5(2,3)4(6)7;/h2-31,39H,32,41H2,1H3;2*1-3H3,(H,6,7);/q;;;+2/p-2. The normalized spacial score (nSPS) is 12.0. The van der Waals surface area contributed by atoms with E-state index in [0.717, 1.165) is 0 Å². The second kappa shape index (κ2) is 23.2. The van der Waals surface area contributed by atoms with Crippen LogP contribution in [0.25, 0.3) is 0 Å². The molecule has 1 unspecified atom stereocenters. The minimum absolute atomic E-state index is 0. The van der Waals surface area contributed by atoms with Crippen molar-refractivity contribution < 1.29 is 39.3 Å². The number of hydrogen-bond donors (Lipinski definition) is 1. The van der Waals surface area contributed by atoms with Crippen LogP contribution in [-0.4, -0.2) is 29.0 Å². The fourth-order valence-corrected chi connectivity index (χ4v) is 18.0. The zero-order valence-corrected chi connectivity index (χ0v) is 39.4. The van der Waals surface area contributed by atoms with Crippen molar-refractivity contribution in [2.24, 2.45) is 16.6 Å². The van der Waals surface area contributed by atoms with Gasteiger partial charge in [0.2, 0.25) is 0 Å². The van der Waals surface area contributed by atoms with E-state index in [4.69, 9.17) is 5.73 Å². The predicted molar refractivity (Wildman–Crippen MR) is 247 cm³/mol. The number of rotatable bonds is 11. The maximum absolute atomic E-state index is 9.91. The van der Waals surface area contributed by atoms with Crippen molar-refractivity contribution in [2.75, 3.05) is 6.54 Å². The molecule has 0 amide bonds. The molecule has 0 aliphatic carbocycles. The third kappa shape index (κ3) is 13.6. The summed E-state index contributed by atoms with van der Waals surface area (Å²) >= 11 is 0. The summed E-state index contributed by atoms with van der Waals surface area (Å²) in [6.45, 7) is 12.8. The van der Waals surface area contributed by atoms with E-state index in [0.29, 0.717) is 6.54 Å². The SMILES string of the molecule is CC(C(CN)P(c1ccccc1)c1ccccc1)(P(c1ccccc1)c1ccccc1)P(c1ccccc1)c1ccccc1.CC(C)(C)C(=O)[O-].CC(C)(C)C(=O)[O-].[Ru+2]. The molecule has 59 heavy (non-hydrogen) atoms. The van der Waals surface area contributed by atoms with Crippen LogP contribution in [0.3, 0.4) is 0 Å². The summed E-state index contributed by atoms with van der Waals surface area (Å²) in [4.78, 5) is 19.6. The Morgan fingerprint density at radius 2 is 0.627 bits per heavy atom. The van der Waals surface area contributed by atoms with Crippen LogP contribution >= 0.6 is 23.8 Å². The van der Waals surface area contributed by atoms with Gasteiger partial charge in [-0.15, -0.1) is 0 Å². The summed E-state index contributed by atoms with van der Waals surface area (Å²) < 4.78 is 0. The van der Waals surface area contributed by atoms with Crippen LogP contribution in [0.2, 0.25) is 0 Å². The Morgan fingerprint density at radius 1 is 0.441 bits per heavy atom. The number of carboxylic acid groups (broad SMARTS) is 2. The van der Waals surface area contributed by atoms with Gasteiger partial charge in [0.1, 0.15) is 0 Å². The third-order valence-electron chi connectivity index (χ3n) is 9.42. The summed E-state index contributed by atoms with van der Waals surface area (Å²) in [5, 5.41) is 28.1. The second-order valence-corrected chi connectivity index (χ2v) is 24.0. The Kier molecular flexibility index (Phi) is 19.5. The first-order chi connectivity index (χ1) is 27.6. The number of nitrogens with two attached hydrogens (primary N) is 1. The summed E-state index contributed by atoms with van der Waals surface area (Å²) in [6.07, 6.45) is 0. The van der Waals surface area contributed by atoms with Crippen LogP contribution in [0.4, 0.5) is 0 Å². The van der Waals surface area contributed by atoms with E-state index in [1.54, 1.807) is 41.5 Å². The van der Waals surface area contributed by atoms with Gasteiger partial charge in [0.25, 0.3) is 0 Å². The van der Waals surface area contributed by atoms with Gasteiger partial charge in [0, 0.05) is 39.9 Å². The number of aliphatic carboxylic acids is 2. The summed E-state index contributed by atoms with van der Waals surface area (Å²) in [5.41, 5.74) is 5.95. The smallest absolute Gasteiger partial charge is 0.550 e. The average molecular weight is 929 g/mol. The minimum Gasteiger partial charge on any atom is -0.550 e. The molecule has 6 aromatic rings. The van der Waals surface area contributed by atoms with E-state index in [1.807, 2.05) is 0 Å². The first-order valence-electron chi connectivity index (χ1n) is 19.4. The Labute approximate surface area is 368 Å². The Hall–Kier alpha value is -3.87. The summed E-state index contributed by atoms with van der Waals surface area (Å²) in [7, 11) is -2.57. The Morgan fingerprint density at radius 3 is 0.797 bits per heavy atom. The molecule has 9 heteroatoms. The van der Waals surface area contributed by atoms with Gasteiger partial charge >= 0.3 is 19.5 Å². The van der Waals surface area contributed by atoms with Gasteiger partial charge in [0.05, 0.1) is 0 Å². The molecule has 1 atom stereocenters. The van der Waals surface area contributed by atoms with E-state index in [2.05, 4.69) is 189 Å². The zero-order chi connectivity index (χ0) is 42.3. The van der Waals surface area contributed by atoms with Gasteiger partial charge in [-0.1, -0.05) is 224 Å². The van der Waals surface area contributed by atoms with Crippen molar-refractivity contribution in [1.29, 1.82) is 0 Å². The molecule has 0 aliphatic heterocycles. The number of carbonyl (C=O) groups excluding carboxylic acids is 2. The van der Waals surface area contributed by atoms with Crippen LogP contribution in [0.15, 0.2) is 182 Å². The molecule has 0 aliphatic rings. The fraction of sp³-hybridized carbons (Fsp3) is 0.240. The van der Waals surface area contributed by atoms with E-state index >= 15 is 0 Å². The van der Waals surface area contributed by atoms with Crippen LogP contribution in [0.1, 0.15) is 48.5 Å². The van der Waals surface area contributed by atoms with Crippen LogP contribution < -0.4 is 47.8 Å². The predicted octanol–water partition coefficient (Wildman–Crippen LogP) is 6.99. The fourth-order valence-electron chi connectivity index (χ4n) is 6.31. The molecule has 308 valence electrons. The largest absolute Gasteiger partial charge is 2.00 e. The Bertz CT molecular complexity index is 1890. The monoisotopic (exact) mass is 929 g/mol. The minimum atomic E-state index is -1.01. The molecule has 5 nitrogen and oxygen atoms in total. The number of carbonyl (C=O) groups is 2. The van der Waals surface area contributed by atoms with E-state index in [9.17, 15) is 19.8 Å². The van der Waals surface area contributed by atoms with Gasteiger partial charge in [-0.05, 0) is 62.5 Å². The summed E-state index contributed by atoms with van der Waals surface area (Å²) in [6, 6.07) is 67.3. The van der Waals surface area contributed by atoms with Gasteiger partial charge in [-0.3, -0.25) is 0 Å². The number of carboxylic acids is 2. The average Bonchev–Trinajstić information content (AvgIpc) is 3.22. The second-order valence-electron chi connectivity index (χ2n) is 16.0. The van der Waals surface area contributed by atoms with Crippen LogP contribution in [0.5, 0.6) is 0 Å². The number of benzene rings is 6. The van der Waals surface area contributed by atoms with Crippen molar-refractivity contribution >= 4 is 67.5 Å². The first kappa shape index (κ1) is 49.5. The van der Waals surface area contributed by atoms with Crippen molar-refractivity contribution in [1.82, 2.24) is 0 Å². The molecule has 0 radical (unpaired) electrons. The first-order valence-corrected chi connectivity index (χ1v) is 23.5. The maximum Gasteiger partial charge on any atom is 2.00 e. The van der Waals surface area contributed by atoms with Crippen molar-refractivity contribution in [2.45, 2.75) is 59.0 Å². The van der Waals surface area contributed by atoms with Crippen molar-refractivity contribution in [3.8, 4) is 0 Å². The van der Waals surface area contributed by atoms with Crippen molar-refractivity contribution in [3.63, 3.8) is 0 Å². The molecule has 0 fully saturated rings. The molecule has 0 spiro atoms. The molecule has 0 bridgehead atoms. The molecule has 0 heterocycles. The third-order valence-corrected chi connectivity index (χ3v) is 19.8. The molecule has 6 rings (SSSR count). The molecule has 6 aromatic carbocycles.